The lowest BCUT2D eigenvalue weighted by atomic mass is 9.94. The predicted molar refractivity (Wildman–Crippen MR) is 101 cm³/mol. The third-order valence-electron chi connectivity index (χ3n) is 5.40. The van der Waals surface area contributed by atoms with Gasteiger partial charge in [0, 0.05) is 43.5 Å². The minimum absolute atomic E-state index is 0.0608. The van der Waals surface area contributed by atoms with Gasteiger partial charge in [0.1, 0.15) is 10.7 Å². The number of piperidine rings is 1. The van der Waals surface area contributed by atoms with Gasteiger partial charge in [0.05, 0.1) is 12.2 Å². The molecule has 27 heavy (non-hydrogen) atoms. The van der Waals surface area contributed by atoms with Crippen LogP contribution in [-0.4, -0.2) is 63.2 Å². The minimum atomic E-state index is -0.358. The molecule has 4 rings (SSSR count). The van der Waals surface area contributed by atoms with Gasteiger partial charge < -0.3 is 10.2 Å². The Labute approximate surface area is 161 Å². The largest absolute Gasteiger partial charge is 0.343 e. The first-order chi connectivity index (χ1) is 13.0. The number of fused-ring (bicyclic) bond motifs is 1. The van der Waals surface area contributed by atoms with Gasteiger partial charge >= 0.3 is 6.03 Å². The van der Waals surface area contributed by atoms with Crippen LogP contribution in [0.25, 0.3) is 4.83 Å². The summed E-state index contributed by atoms with van der Waals surface area (Å²) in [6.45, 7) is 3.85. The van der Waals surface area contributed by atoms with Crippen molar-refractivity contribution >= 4 is 34.0 Å². The van der Waals surface area contributed by atoms with E-state index in [1.165, 1.54) is 9.73 Å². The van der Waals surface area contributed by atoms with E-state index in [1.807, 2.05) is 11.8 Å². The van der Waals surface area contributed by atoms with Crippen molar-refractivity contribution in [1.82, 2.24) is 24.5 Å². The summed E-state index contributed by atoms with van der Waals surface area (Å²) < 4.78 is 2.13. The van der Waals surface area contributed by atoms with E-state index in [9.17, 15) is 14.4 Å². The van der Waals surface area contributed by atoms with E-state index in [1.54, 1.807) is 11.3 Å². The van der Waals surface area contributed by atoms with E-state index in [0.717, 1.165) is 37.4 Å². The number of hydrogen-bond acceptors (Lipinski definition) is 5. The van der Waals surface area contributed by atoms with Crippen molar-refractivity contribution < 1.29 is 14.4 Å². The lowest BCUT2D eigenvalue weighted by Crippen LogP contribution is -2.38. The molecule has 1 N–H and O–H groups in total. The van der Waals surface area contributed by atoms with Crippen LogP contribution in [0.4, 0.5) is 4.79 Å². The smallest absolute Gasteiger partial charge is 0.324 e. The first kappa shape index (κ1) is 18.0. The Morgan fingerprint density at radius 2 is 2.11 bits per heavy atom. The Morgan fingerprint density at radius 1 is 1.33 bits per heavy atom. The van der Waals surface area contributed by atoms with Gasteiger partial charge in [0.25, 0.3) is 0 Å². The molecule has 0 saturated carbocycles. The fourth-order valence-corrected chi connectivity index (χ4v) is 4.84. The zero-order chi connectivity index (χ0) is 19.0. The maximum atomic E-state index is 12.5. The van der Waals surface area contributed by atoms with Crippen molar-refractivity contribution in [1.29, 1.82) is 0 Å². The van der Waals surface area contributed by atoms with E-state index in [-0.39, 0.29) is 24.4 Å². The van der Waals surface area contributed by atoms with Crippen LogP contribution in [-0.2, 0) is 9.59 Å². The summed E-state index contributed by atoms with van der Waals surface area (Å²) in [5, 5.41) is 4.57. The normalized spacial score (nSPS) is 18.6. The number of urea groups is 1. The molecule has 2 aliphatic heterocycles. The van der Waals surface area contributed by atoms with Crippen LogP contribution in [0.1, 0.15) is 43.1 Å². The van der Waals surface area contributed by atoms with Crippen LogP contribution in [0, 0.1) is 6.92 Å². The summed E-state index contributed by atoms with van der Waals surface area (Å²) in [6, 6.07) is -0.358. The summed E-state index contributed by atoms with van der Waals surface area (Å²) in [4.78, 5) is 44.6. The number of hydrogen-bond donors (Lipinski definition) is 1. The average molecular weight is 389 g/mol. The topological polar surface area (TPSA) is 87.0 Å². The van der Waals surface area contributed by atoms with Crippen molar-refractivity contribution in [2.24, 2.45) is 0 Å². The lowest BCUT2D eigenvalue weighted by molar-refractivity contribution is -0.133. The molecule has 4 heterocycles. The van der Waals surface area contributed by atoms with Gasteiger partial charge in [0.2, 0.25) is 11.8 Å². The number of nitrogens with one attached hydrogen (secondary N) is 1. The molecule has 0 aromatic carbocycles. The number of thiazole rings is 1. The van der Waals surface area contributed by atoms with Gasteiger partial charge in [-0.15, -0.1) is 11.3 Å². The van der Waals surface area contributed by atoms with Crippen molar-refractivity contribution in [3.63, 3.8) is 0 Å². The molecule has 0 bridgehead atoms. The van der Waals surface area contributed by atoms with E-state index >= 15 is 0 Å². The predicted octanol–water partition coefficient (Wildman–Crippen LogP) is 1.74. The van der Waals surface area contributed by atoms with Gasteiger partial charge in [0.15, 0.2) is 0 Å². The zero-order valence-electron chi connectivity index (χ0n) is 15.3. The molecule has 0 spiro atoms. The van der Waals surface area contributed by atoms with Crippen LogP contribution in [0.3, 0.4) is 0 Å². The standard InChI is InChI=1S/C18H23N5O3S/c1-12-20-16(17-22(12)9-10-27-17)13-4-7-21(8-5-13)14(24)3-2-6-23-15(25)11-19-18(23)26/h9-10,13H,2-8,11H2,1H3,(H,19,26). The quantitative estimate of drug-likeness (QED) is 0.789. The molecular formula is C18H23N5O3S. The number of amides is 4. The Morgan fingerprint density at radius 3 is 2.81 bits per heavy atom. The van der Waals surface area contributed by atoms with Crippen LogP contribution < -0.4 is 5.32 Å². The van der Waals surface area contributed by atoms with Gasteiger partial charge in [-0.2, -0.15) is 0 Å². The van der Waals surface area contributed by atoms with Crippen LogP contribution in [0.15, 0.2) is 11.6 Å². The van der Waals surface area contributed by atoms with Gasteiger partial charge in [-0.1, -0.05) is 0 Å². The molecule has 2 aromatic rings. The number of carbonyl (C=O) groups is 3. The van der Waals surface area contributed by atoms with Crippen LogP contribution >= 0.6 is 11.3 Å². The summed E-state index contributed by atoms with van der Waals surface area (Å²) in [5.74, 6) is 1.29. The molecule has 0 aliphatic carbocycles. The maximum absolute atomic E-state index is 12.5. The molecule has 2 aromatic heterocycles. The molecule has 2 saturated heterocycles. The second-order valence-corrected chi connectivity index (χ2v) is 7.98. The van der Waals surface area contributed by atoms with Crippen LogP contribution in [0.2, 0.25) is 0 Å². The number of aromatic nitrogens is 2. The molecule has 144 valence electrons. The number of likely N-dealkylation sites (tertiary alicyclic amines) is 1. The fourth-order valence-electron chi connectivity index (χ4n) is 3.89. The SMILES string of the molecule is Cc1nc(C2CCN(C(=O)CCCN3C(=O)CNC3=O)CC2)c2sccn12. The number of nitrogens with zero attached hydrogens (tertiary/aromatic N) is 4. The number of imide groups is 1. The highest BCUT2D eigenvalue weighted by Gasteiger charge is 2.29. The van der Waals surface area contributed by atoms with Crippen molar-refractivity contribution in [2.75, 3.05) is 26.2 Å². The lowest BCUT2D eigenvalue weighted by Gasteiger charge is -2.31. The third kappa shape index (κ3) is 3.43. The Bertz CT molecular complexity index is 865. The molecule has 9 heteroatoms. The highest BCUT2D eigenvalue weighted by atomic mass is 32.1. The third-order valence-corrected chi connectivity index (χ3v) is 6.29. The molecule has 0 radical (unpaired) electrons. The van der Waals surface area contributed by atoms with Gasteiger partial charge in [-0.25, -0.2) is 9.78 Å². The number of aryl methyl sites for hydroxylation is 1. The Balaban J connectivity index is 1.27. The van der Waals surface area contributed by atoms with E-state index < -0.39 is 0 Å². The van der Waals surface area contributed by atoms with Gasteiger partial charge in [-0.05, 0) is 26.2 Å². The number of imidazole rings is 1. The monoisotopic (exact) mass is 389 g/mol. The summed E-state index contributed by atoms with van der Waals surface area (Å²) in [5.41, 5.74) is 1.16. The summed E-state index contributed by atoms with van der Waals surface area (Å²) in [6.07, 6.45) is 4.76. The van der Waals surface area contributed by atoms with E-state index in [4.69, 9.17) is 4.98 Å². The van der Waals surface area contributed by atoms with Crippen molar-refractivity contribution in [3.05, 3.63) is 23.1 Å². The summed E-state index contributed by atoms with van der Waals surface area (Å²) in [7, 11) is 0. The Kier molecular flexibility index (Phi) is 4.86. The maximum Gasteiger partial charge on any atom is 0.324 e. The molecule has 0 unspecified atom stereocenters. The zero-order valence-corrected chi connectivity index (χ0v) is 16.1. The molecule has 8 nitrogen and oxygen atoms in total. The first-order valence-corrected chi connectivity index (χ1v) is 10.2. The molecule has 4 amide bonds. The average Bonchev–Trinajstić information content (AvgIpc) is 3.35. The number of rotatable bonds is 5. The van der Waals surface area contributed by atoms with E-state index in [0.29, 0.717) is 25.3 Å². The van der Waals surface area contributed by atoms with Gasteiger partial charge in [-0.3, -0.25) is 18.9 Å². The highest BCUT2D eigenvalue weighted by Crippen LogP contribution is 2.33. The molecule has 0 atom stereocenters. The van der Waals surface area contributed by atoms with Crippen molar-refractivity contribution in [3.8, 4) is 0 Å². The van der Waals surface area contributed by atoms with Crippen LogP contribution in [0.5, 0.6) is 0 Å². The summed E-state index contributed by atoms with van der Waals surface area (Å²) >= 11 is 1.71. The molecule has 2 fully saturated rings. The number of carbonyl (C=O) groups excluding carboxylic acids is 3. The fraction of sp³-hybridized carbons (Fsp3) is 0.556. The first-order valence-electron chi connectivity index (χ1n) is 9.32. The second kappa shape index (κ2) is 7.30. The molecular weight excluding hydrogens is 366 g/mol. The molecule has 2 aliphatic rings. The van der Waals surface area contributed by atoms with Crippen molar-refractivity contribution in [2.45, 2.75) is 38.5 Å². The minimum Gasteiger partial charge on any atom is -0.343 e. The Hall–Kier alpha value is -2.42. The van der Waals surface area contributed by atoms with E-state index in [2.05, 4.69) is 21.3 Å². The highest BCUT2D eigenvalue weighted by molar-refractivity contribution is 7.15. The second-order valence-electron chi connectivity index (χ2n) is 7.09.